The summed E-state index contributed by atoms with van der Waals surface area (Å²) < 4.78 is 35.3. The molecule has 2 aromatic rings. The number of pyridine rings is 1. The van der Waals surface area contributed by atoms with Gasteiger partial charge in [0.1, 0.15) is 11.7 Å². The van der Waals surface area contributed by atoms with Crippen molar-refractivity contribution in [1.29, 1.82) is 0 Å². The third-order valence-electron chi connectivity index (χ3n) is 4.82. The minimum Gasteiger partial charge on any atom is -0.395 e. The second-order valence-electron chi connectivity index (χ2n) is 6.79. The van der Waals surface area contributed by atoms with Crippen LogP contribution in [0.1, 0.15) is 15.9 Å². The number of hydrogen-bond donors (Lipinski definition) is 1. The van der Waals surface area contributed by atoms with Crippen LogP contribution in [0.3, 0.4) is 0 Å². The fourth-order valence-corrected chi connectivity index (χ4v) is 4.34. The normalized spacial score (nSPS) is 19.0. The number of rotatable bonds is 2. The standard InChI is InChI=1S/C19H16F2N4O3S/c20-19(21)27-14-7-12-8-16(23-13(12)10-15(14)28-19)24-18(26)11-1-2-22-17(9-11)25-3-5-29-6-4-25/h1-2,7,9-10H,3-6,8H2,(H,23,24,26). The number of halogens is 2. The Morgan fingerprint density at radius 2 is 1.93 bits per heavy atom. The highest BCUT2D eigenvalue weighted by Crippen LogP contribution is 2.45. The number of carbonyl (C=O) groups excluding carboxylic acids is 1. The van der Waals surface area contributed by atoms with E-state index in [9.17, 15) is 13.6 Å². The Morgan fingerprint density at radius 3 is 2.72 bits per heavy atom. The van der Waals surface area contributed by atoms with Gasteiger partial charge in [0.05, 0.1) is 5.69 Å². The summed E-state index contributed by atoms with van der Waals surface area (Å²) >= 11 is 1.90. The first-order valence-corrected chi connectivity index (χ1v) is 10.2. The van der Waals surface area contributed by atoms with E-state index in [1.165, 1.54) is 12.1 Å². The summed E-state index contributed by atoms with van der Waals surface area (Å²) in [6, 6.07) is 6.28. The molecule has 7 nitrogen and oxygen atoms in total. The van der Waals surface area contributed by atoms with Gasteiger partial charge in [-0.25, -0.2) is 9.98 Å². The lowest BCUT2D eigenvalue weighted by Crippen LogP contribution is -2.34. The molecular formula is C19H16F2N4O3S. The Kier molecular flexibility index (Phi) is 4.30. The molecule has 5 rings (SSSR count). The maximum absolute atomic E-state index is 13.2. The highest BCUT2D eigenvalue weighted by Gasteiger charge is 2.44. The number of alkyl halides is 2. The van der Waals surface area contributed by atoms with Gasteiger partial charge in [0.15, 0.2) is 11.5 Å². The van der Waals surface area contributed by atoms with Gasteiger partial charge in [-0.15, -0.1) is 8.78 Å². The van der Waals surface area contributed by atoms with E-state index in [2.05, 4.69) is 29.7 Å². The number of amides is 1. The predicted molar refractivity (Wildman–Crippen MR) is 105 cm³/mol. The quantitative estimate of drug-likeness (QED) is 0.808. The second-order valence-corrected chi connectivity index (χ2v) is 8.01. The van der Waals surface area contributed by atoms with Gasteiger partial charge >= 0.3 is 6.29 Å². The van der Waals surface area contributed by atoms with Crippen molar-refractivity contribution < 1.29 is 23.0 Å². The lowest BCUT2D eigenvalue weighted by atomic mass is 10.1. The van der Waals surface area contributed by atoms with Crippen molar-refractivity contribution in [1.82, 2.24) is 10.3 Å². The molecule has 1 aromatic heterocycles. The predicted octanol–water partition coefficient (Wildman–Crippen LogP) is 2.97. The van der Waals surface area contributed by atoms with Crippen LogP contribution in [0.15, 0.2) is 35.5 Å². The van der Waals surface area contributed by atoms with Gasteiger partial charge in [-0.1, -0.05) is 0 Å². The highest BCUT2D eigenvalue weighted by atomic mass is 32.2. The smallest absolute Gasteiger partial charge is 0.395 e. The first-order valence-electron chi connectivity index (χ1n) is 9.07. The van der Waals surface area contributed by atoms with E-state index in [1.54, 1.807) is 18.3 Å². The highest BCUT2D eigenvalue weighted by molar-refractivity contribution is 7.99. The Bertz CT molecular complexity index is 1020. The average Bonchev–Trinajstić information content (AvgIpc) is 3.23. The summed E-state index contributed by atoms with van der Waals surface area (Å²) in [4.78, 5) is 23.5. The van der Waals surface area contributed by atoms with Crippen molar-refractivity contribution >= 4 is 35.0 Å². The van der Waals surface area contributed by atoms with Crippen LogP contribution >= 0.6 is 11.8 Å². The molecule has 1 N–H and O–H groups in total. The number of hydrogen-bond acceptors (Lipinski definition) is 7. The number of thioether (sulfide) groups is 1. The van der Waals surface area contributed by atoms with Crippen molar-refractivity contribution in [2.24, 2.45) is 4.99 Å². The summed E-state index contributed by atoms with van der Waals surface area (Å²) in [6.45, 7) is 1.80. The second kappa shape index (κ2) is 6.87. The molecule has 0 aliphatic carbocycles. The van der Waals surface area contributed by atoms with Gasteiger partial charge in [0.2, 0.25) is 0 Å². The van der Waals surface area contributed by atoms with Gasteiger partial charge < -0.3 is 19.7 Å². The molecule has 1 amide bonds. The number of anilines is 1. The molecule has 1 fully saturated rings. The Morgan fingerprint density at radius 1 is 1.17 bits per heavy atom. The molecule has 0 unspecified atom stereocenters. The molecule has 10 heteroatoms. The molecule has 1 aromatic carbocycles. The van der Waals surface area contributed by atoms with E-state index >= 15 is 0 Å². The number of amidine groups is 1. The van der Waals surface area contributed by atoms with Gasteiger partial charge in [-0.3, -0.25) is 4.79 Å². The fourth-order valence-electron chi connectivity index (χ4n) is 3.44. The van der Waals surface area contributed by atoms with E-state index < -0.39 is 6.29 Å². The summed E-state index contributed by atoms with van der Waals surface area (Å²) in [5.41, 5.74) is 1.64. The van der Waals surface area contributed by atoms with Crippen molar-refractivity contribution in [2.75, 3.05) is 29.5 Å². The van der Waals surface area contributed by atoms with Crippen molar-refractivity contribution in [3.05, 3.63) is 41.6 Å². The largest absolute Gasteiger partial charge is 0.586 e. The van der Waals surface area contributed by atoms with Crippen LogP contribution in [0, 0.1) is 0 Å². The van der Waals surface area contributed by atoms with Gasteiger partial charge in [-0.2, -0.15) is 11.8 Å². The molecule has 3 aliphatic rings. The molecule has 3 aliphatic heterocycles. The van der Waals surface area contributed by atoms with Crippen molar-refractivity contribution in [3.63, 3.8) is 0 Å². The number of aromatic nitrogens is 1. The van der Waals surface area contributed by atoms with E-state index in [1.807, 2.05) is 11.8 Å². The Labute approximate surface area is 169 Å². The van der Waals surface area contributed by atoms with Gasteiger partial charge in [0, 0.05) is 48.8 Å². The number of carbonyl (C=O) groups is 1. The Balaban J connectivity index is 1.30. The van der Waals surface area contributed by atoms with Gasteiger partial charge in [-0.05, 0) is 23.8 Å². The maximum atomic E-state index is 13.2. The van der Waals surface area contributed by atoms with E-state index in [0.717, 1.165) is 30.4 Å². The number of ether oxygens (including phenoxy) is 2. The van der Waals surface area contributed by atoms with Crippen molar-refractivity contribution in [2.45, 2.75) is 12.7 Å². The molecule has 150 valence electrons. The molecule has 0 atom stereocenters. The number of nitrogens with one attached hydrogen (secondary N) is 1. The summed E-state index contributed by atoms with van der Waals surface area (Å²) in [6.07, 6.45) is -1.73. The number of aliphatic imine (C=N–C) groups is 1. The monoisotopic (exact) mass is 418 g/mol. The first kappa shape index (κ1) is 18.2. The van der Waals surface area contributed by atoms with E-state index in [-0.39, 0.29) is 17.4 Å². The van der Waals surface area contributed by atoms with Crippen LogP contribution in [0.5, 0.6) is 11.5 Å². The number of nitrogens with zero attached hydrogens (tertiary/aromatic N) is 3. The molecular weight excluding hydrogens is 402 g/mol. The topological polar surface area (TPSA) is 76.0 Å². The first-order chi connectivity index (χ1) is 14.0. The molecule has 0 saturated carbocycles. The minimum atomic E-state index is -3.66. The lowest BCUT2D eigenvalue weighted by Gasteiger charge is -2.27. The SMILES string of the molecule is O=C(NC1=Nc2cc3c(cc2C1)OC(F)(F)O3)c1ccnc(N2CCSCC2)c1. The average molecular weight is 418 g/mol. The van der Waals surface area contributed by atoms with Crippen LogP contribution in [0.25, 0.3) is 0 Å². The zero-order valence-electron chi connectivity index (χ0n) is 15.2. The minimum absolute atomic E-state index is 0.0324. The summed E-state index contributed by atoms with van der Waals surface area (Å²) in [7, 11) is 0. The lowest BCUT2D eigenvalue weighted by molar-refractivity contribution is -0.286. The maximum Gasteiger partial charge on any atom is 0.586 e. The third-order valence-corrected chi connectivity index (χ3v) is 5.76. The third kappa shape index (κ3) is 3.59. The van der Waals surface area contributed by atoms with E-state index in [4.69, 9.17) is 0 Å². The van der Waals surface area contributed by atoms with E-state index in [0.29, 0.717) is 29.1 Å². The van der Waals surface area contributed by atoms with Crippen LogP contribution < -0.4 is 19.7 Å². The van der Waals surface area contributed by atoms with Crippen LogP contribution in [-0.4, -0.2) is 47.6 Å². The molecule has 1 saturated heterocycles. The van der Waals surface area contributed by atoms with Crippen molar-refractivity contribution in [3.8, 4) is 11.5 Å². The molecule has 0 radical (unpaired) electrons. The zero-order valence-corrected chi connectivity index (χ0v) is 16.0. The fraction of sp³-hybridized carbons (Fsp3) is 0.316. The molecule has 0 bridgehead atoms. The van der Waals surface area contributed by atoms with Gasteiger partial charge in [0.25, 0.3) is 5.91 Å². The molecule has 29 heavy (non-hydrogen) atoms. The number of fused-ring (bicyclic) bond motifs is 2. The molecule has 0 spiro atoms. The van der Waals surface area contributed by atoms with Crippen LogP contribution in [0.4, 0.5) is 20.3 Å². The van der Waals surface area contributed by atoms with Crippen LogP contribution in [0.2, 0.25) is 0 Å². The Hall–Kier alpha value is -2.88. The zero-order chi connectivity index (χ0) is 20.0. The summed E-state index contributed by atoms with van der Waals surface area (Å²) in [5, 5.41) is 2.79. The molecule has 4 heterocycles. The summed E-state index contributed by atoms with van der Waals surface area (Å²) in [5.74, 6) is 2.90. The number of benzene rings is 1. The van der Waals surface area contributed by atoms with Crippen LogP contribution in [-0.2, 0) is 6.42 Å².